The Bertz CT molecular complexity index is 1430. The lowest BCUT2D eigenvalue weighted by Gasteiger charge is -2.41. The van der Waals surface area contributed by atoms with Gasteiger partial charge < -0.3 is 45.9 Å². The Kier molecular flexibility index (Phi) is 20.6. The van der Waals surface area contributed by atoms with Crippen LogP contribution >= 0.6 is 0 Å². The molecule has 1 fully saturated rings. The highest BCUT2D eigenvalue weighted by atomic mass is 16.5. The van der Waals surface area contributed by atoms with Crippen molar-refractivity contribution >= 4 is 29.6 Å². The fourth-order valence-corrected chi connectivity index (χ4v) is 8.18. The number of benzene rings is 1. The van der Waals surface area contributed by atoms with Crippen molar-refractivity contribution < 1.29 is 43.7 Å². The van der Waals surface area contributed by atoms with E-state index in [0.717, 1.165) is 5.56 Å². The second-order valence-electron chi connectivity index (χ2n) is 16.5. The Balaban J connectivity index is 2.28. The third-order valence-corrected chi connectivity index (χ3v) is 11.5. The predicted octanol–water partition coefficient (Wildman–Crippen LogP) is 2.14. The molecule has 1 aromatic carbocycles. The van der Waals surface area contributed by atoms with Crippen LogP contribution in [0.25, 0.3) is 0 Å². The van der Waals surface area contributed by atoms with Gasteiger partial charge in [-0.2, -0.15) is 0 Å². The van der Waals surface area contributed by atoms with Crippen LogP contribution in [-0.4, -0.2) is 151 Å². The van der Waals surface area contributed by atoms with Gasteiger partial charge in [-0.25, -0.2) is 4.79 Å². The predicted molar refractivity (Wildman–Crippen MR) is 219 cm³/mol. The summed E-state index contributed by atoms with van der Waals surface area (Å²) in [7, 11) is 6.47. The van der Waals surface area contributed by atoms with E-state index in [1.165, 1.54) is 14.2 Å². The van der Waals surface area contributed by atoms with Gasteiger partial charge in [-0.3, -0.25) is 24.1 Å². The van der Waals surface area contributed by atoms with Crippen LogP contribution in [0.15, 0.2) is 30.3 Å². The van der Waals surface area contributed by atoms with Gasteiger partial charge in [-0.05, 0) is 43.2 Å². The third-order valence-electron chi connectivity index (χ3n) is 11.5. The first kappa shape index (κ1) is 49.5. The number of rotatable bonds is 24. The number of carbonyl (C=O) groups is 5. The molecule has 324 valence electrons. The summed E-state index contributed by atoms with van der Waals surface area (Å²) in [6, 6.07) is 4.97. The van der Waals surface area contributed by atoms with E-state index >= 15 is 0 Å². The number of carboxylic acid groups (broad SMARTS) is 1. The van der Waals surface area contributed by atoms with E-state index in [-0.39, 0.29) is 54.9 Å². The fraction of sp³-hybridized carbons (Fsp3) is 0.738. The number of aliphatic hydroxyl groups is 1. The summed E-state index contributed by atoms with van der Waals surface area (Å²) in [4.78, 5) is 73.1. The fourth-order valence-electron chi connectivity index (χ4n) is 8.18. The zero-order valence-electron chi connectivity index (χ0n) is 36.1. The van der Waals surface area contributed by atoms with Crippen LogP contribution in [0, 0.1) is 23.7 Å². The van der Waals surface area contributed by atoms with E-state index < -0.39 is 66.3 Å². The number of hydrogen-bond donors (Lipinski definition) is 5. The lowest BCUT2D eigenvalue weighted by atomic mass is 9.89. The number of aliphatic carboxylic acids is 1. The lowest BCUT2D eigenvalue weighted by molar-refractivity contribution is -0.148. The number of nitrogens with two attached hydrogens (primary N) is 1. The number of nitrogens with zero attached hydrogens (tertiary/aromatic N) is 3. The highest BCUT2D eigenvalue weighted by molar-refractivity contribution is 5.90. The van der Waals surface area contributed by atoms with Gasteiger partial charge in [0.25, 0.3) is 0 Å². The molecule has 0 radical (unpaired) electrons. The number of methoxy groups -OCH3 is 2. The highest BCUT2D eigenvalue weighted by Gasteiger charge is 2.43. The molecular weight excluding hydrogens is 732 g/mol. The number of likely N-dealkylation sites (N-methyl/N-ethyl adjacent to an activating group) is 2. The molecule has 4 amide bonds. The number of carbonyl (C=O) groups excluding carboxylic acids is 4. The van der Waals surface area contributed by atoms with Crippen LogP contribution in [0.5, 0.6) is 0 Å². The van der Waals surface area contributed by atoms with Gasteiger partial charge in [0.05, 0.1) is 49.3 Å². The molecule has 10 atom stereocenters. The molecule has 0 spiro atoms. The van der Waals surface area contributed by atoms with E-state index in [9.17, 15) is 34.2 Å². The van der Waals surface area contributed by atoms with Gasteiger partial charge in [0, 0.05) is 46.8 Å². The molecule has 2 rings (SSSR count). The van der Waals surface area contributed by atoms with Gasteiger partial charge in [-0.1, -0.05) is 85.2 Å². The van der Waals surface area contributed by atoms with Crippen LogP contribution in [0.1, 0.15) is 79.7 Å². The SMILES string of the molecule is CC[C@H](C)[C@@H]([C@@H](CC(=O)N1CCC[C@H]1[C@H](OC)[C@@H](C)C(=O)N[C@@H](Cc1ccccc1)C(=O)O)OC)N(C)C(=O)C(NC(=O)[C@H](C(C)C)N(C)C[C@@H](N)CO)C(C)C. The number of aliphatic hydroxyl groups excluding tert-OH is 1. The summed E-state index contributed by atoms with van der Waals surface area (Å²) in [6.07, 6.45) is 0.639. The van der Waals surface area contributed by atoms with Crippen molar-refractivity contribution in [2.45, 2.75) is 129 Å². The number of likely N-dealkylation sites (tertiary alicyclic amines) is 1. The monoisotopic (exact) mass is 805 g/mol. The normalized spacial score (nSPS) is 19.3. The Morgan fingerprint density at radius 3 is 2.09 bits per heavy atom. The zero-order valence-corrected chi connectivity index (χ0v) is 36.1. The first-order valence-electron chi connectivity index (χ1n) is 20.4. The molecule has 0 bridgehead atoms. The minimum Gasteiger partial charge on any atom is -0.480 e. The summed E-state index contributed by atoms with van der Waals surface area (Å²) in [6.45, 7) is 13.8. The molecule has 1 unspecified atom stereocenters. The van der Waals surface area contributed by atoms with Crippen LogP contribution < -0.4 is 16.4 Å². The van der Waals surface area contributed by atoms with E-state index in [1.807, 2.05) is 59.7 Å². The molecule has 15 heteroatoms. The summed E-state index contributed by atoms with van der Waals surface area (Å²) in [5, 5.41) is 25.1. The molecule has 57 heavy (non-hydrogen) atoms. The van der Waals surface area contributed by atoms with Crippen molar-refractivity contribution in [2.75, 3.05) is 48.0 Å². The number of ether oxygens (including phenoxy) is 2. The topological polar surface area (TPSA) is 204 Å². The highest BCUT2D eigenvalue weighted by Crippen LogP contribution is 2.30. The molecule has 0 aliphatic carbocycles. The Hall–Kier alpha value is -3.63. The summed E-state index contributed by atoms with van der Waals surface area (Å²) in [5.41, 5.74) is 6.75. The van der Waals surface area contributed by atoms with Gasteiger partial charge in [-0.15, -0.1) is 0 Å². The van der Waals surface area contributed by atoms with Crippen LogP contribution in [0.2, 0.25) is 0 Å². The molecule has 1 saturated heterocycles. The second-order valence-corrected chi connectivity index (χ2v) is 16.5. The van der Waals surface area contributed by atoms with Crippen molar-refractivity contribution in [3.05, 3.63) is 35.9 Å². The molecule has 0 aromatic heterocycles. The van der Waals surface area contributed by atoms with Crippen LogP contribution in [0.4, 0.5) is 0 Å². The van der Waals surface area contributed by atoms with Crippen LogP contribution in [-0.2, 0) is 39.9 Å². The number of carboxylic acids is 1. The molecule has 1 aliphatic rings. The molecule has 6 N–H and O–H groups in total. The Labute approximate surface area is 340 Å². The largest absolute Gasteiger partial charge is 0.480 e. The second kappa shape index (κ2) is 23.7. The van der Waals surface area contributed by atoms with E-state index in [0.29, 0.717) is 32.4 Å². The first-order chi connectivity index (χ1) is 26.8. The minimum absolute atomic E-state index is 0.0428. The number of hydrogen-bond acceptors (Lipinski definition) is 10. The van der Waals surface area contributed by atoms with Crippen molar-refractivity contribution in [3.8, 4) is 0 Å². The molecule has 1 heterocycles. The van der Waals surface area contributed by atoms with Crippen molar-refractivity contribution in [1.29, 1.82) is 0 Å². The molecule has 1 aliphatic heterocycles. The van der Waals surface area contributed by atoms with E-state index in [4.69, 9.17) is 15.2 Å². The molecule has 1 aromatic rings. The lowest BCUT2D eigenvalue weighted by Crippen LogP contribution is -2.60. The Morgan fingerprint density at radius 1 is 0.947 bits per heavy atom. The maximum absolute atomic E-state index is 14.4. The molecule has 15 nitrogen and oxygen atoms in total. The van der Waals surface area contributed by atoms with Gasteiger partial charge in [0.1, 0.15) is 12.1 Å². The van der Waals surface area contributed by atoms with Gasteiger partial charge in [0.15, 0.2) is 0 Å². The van der Waals surface area contributed by atoms with Crippen molar-refractivity contribution in [2.24, 2.45) is 29.4 Å². The van der Waals surface area contributed by atoms with Gasteiger partial charge >= 0.3 is 5.97 Å². The number of amides is 4. The summed E-state index contributed by atoms with van der Waals surface area (Å²) in [5.74, 6) is -3.69. The molecule has 0 saturated carbocycles. The maximum atomic E-state index is 14.4. The van der Waals surface area contributed by atoms with Crippen molar-refractivity contribution in [3.63, 3.8) is 0 Å². The third kappa shape index (κ3) is 13.7. The summed E-state index contributed by atoms with van der Waals surface area (Å²) >= 11 is 0. The van der Waals surface area contributed by atoms with Gasteiger partial charge in [0.2, 0.25) is 23.6 Å². The van der Waals surface area contributed by atoms with E-state index in [2.05, 4.69) is 10.6 Å². The molecular formula is C42H72N6O9. The van der Waals surface area contributed by atoms with Crippen molar-refractivity contribution in [1.82, 2.24) is 25.3 Å². The smallest absolute Gasteiger partial charge is 0.326 e. The van der Waals surface area contributed by atoms with E-state index in [1.54, 1.807) is 47.9 Å². The average molecular weight is 805 g/mol. The summed E-state index contributed by atoms with van der Waals surface area (Å²) < 4.78 is 11.9. The Morgan fingerprint density at radius 2 is 1.58 bits per heavy atom. The zero-order chi connectivity index (χ0) is 43.1. The average Bonchev–Trinajstić information content (AvgIpc) is 3.65. The van der Waals surface area contributed by atoms with Crippen LogP contribution in [0.3, 0.4) is 0 Å². The maximum Gasteiger partial charge on any atom is 0.326 e. The first-order valence-corrected chi connectivity index (χ1v) is 20.4. The standard InChI is InChI=1S/C42H72N6O9/c1-12-27(6)37(47(9)41(53)35(25(2)3)45-40(52)36(26(4)5)46(8)23-30(43)24-49)33(56-10)22-34(50)48-20-16-19-32(48)38(57-11)28(7)39(51)44-31(42(54)55)21-29-17-14-13-15-18-29/h13-15,17-18,25-28,30-33,35-38,49H,12,16,19-24,43H2,1-11H3,(H,44,51)(H,45,52)(H,54,55)/t27-,28+,30+,31-,32-,33+,35?,36-,37-,38+/m0/s1. The number of nitrogens with one attached hydrogen (secondary N) is 2. The minimum atomic E-state index is -1.15. The quantitative estimate of drug-likeness (QED) is 0.102.